The molecular weight excluding hydrogens is 326 g/mol. The summed E-state index contributed by atoms with van der Waals surface area (Å²) in [7, 11) is 0. The van der Waals surface area contributed by atoms with Crippen molar-refractivity contribution in [1.29, 1.82) is 0 Å². The molecular formula is C17H25N3O5. The van der Waals surface area contributed by atoms with Crippen molar-refractivity contribution in [2.24, 2.45) is 5.92 Å². The fraction of sp³-hybridized carbons (Fsp3) is 0.529. The molecule has 0 radical (unpaired) electrons. The maximum absolute atomic E-state index is 12.1. The van der Waals surface area contributed by atoms with Gasteiger partial charge in [-0.25, -0.2) is 9.78 Å². The van der Waals surface area contributed by atoms with Crippen LogP contribution in [0.25, 0.3) is 0 Å². The van der Waals surface area contributed by atoms with E-state index in [4.69, 9.17) is 9.84 Å². The molecule has 8 heteroatoms. The second-order valence-electron chi connectivity index (χ2n) is 6.30. The van der Waals surface area contributed by atoms with E-state index in [1.165, 1.54) is 6.07 Å². The van der Waals surface area contributed by atoms with E-state index in [1.54, 1.807) is 12.1 Å². The van der Waals surface area contributed by atoms with Gasteiger partial charge in [-0.15, -0.1) is 0 Å². The van der Waals surface area contributed by atoms with Gasteiger partial charge in [0.15, 0.2) is 0 Å². The molecule has 1 atom stereocenters. The lowest BCUT2D eigenvalue weighted by atomic mass is 10.0. The topological polar surface area (TPSA) is 118 Å². The summed E-state index contributed by atoms with van der Waals surface area (Å²) in [6, 6.07) is 3.78. The quantitative estimate of drug-likeness (QED) is 0.616. The van der Waals surface area contributed by atoms with Crippen molar-refractivity contribution in [2.45, 2.75) is 46.3 Å². The number of carboxylic acids is 1. The number of carboxylic acid groups (broad SMARTS) is 1. The third-order valence-electron chi connectivity index (χ3n) is 3.06. The van der Waals surface area contributed by atoms with Crippen LogP contribution in [0, 0.1) is 5.92 Å². The van der Waals surface area contributed by atoms with Gasteiger partial charge in [0.2, 0.25) is 11.8 Å². The smallest absolute Gasteiger partial charge is 0.326 e. The summed E-state index contributed by atoms with van der Waals surface area (Å²) < 4.78 is 5.41. The molecule has 2 amide bonds. The van der Waals surface area contributed by atoms with Gasteiger partial charge in [-0.3, -0.25) is 9.59 Å². The Morgan fingerprint density at radius 1 is 1.20 bits per heavy atom. The lowest BCUT2D eigenvalue weighted by Crippen LogP contribution is -2.46. The van der Waals surface area contributed by atoms with Gasteiger partial charge in [-0.1, -0.05) is 19.9 Å². The monoisotopic (exact) mass is 351 g/mol. The van der Waals surface area contributed by atoms with Gasteiger partial charge < -0.3 is 20.5 Å². The molecule has 0 fully saturated rings. The van der Waals surface area contributed by atoms with E-state index in [1.807, 2.05) is 27.7 Å². The van der Waals surface area contributed by atoms with Gasteiger partial charge in [0, 0.05) is 6.07 Å². The number of aliphatic carboxylic acids is 1. The van der Waals surface area contributed by atoms with Gasteiger partial charge >= 0.3 is 5.97 Å². The Labute approximate surface area is 147 Å². The number of carbonyl (C=O) groups excluding carboxylic acids is 2. The maximum atomic E-state index is 12.1. The predicted octanol–water partition coefficient (Wildman–Crippen LogP) is 1.21. The zero-order valence-corrected chi connectivity index (χ0v) is 14.9. The van der Waals surface area contributed by atoms with Crippen molar-refractivity contribution in [3.05, 3.63) is 23.9 Å². The first kappa shape index (κ1) is 20.4. The third kappa shape index (κ3) is 7.65. The minimum Gasteiger partial charge on any atom is -0.480 e. The fourth-order valence-corrected chi connectivity index (χ4v) is 2.04. The molecule has 3 N–H and O–H groups in total. The molecule has 0 aromatic carbocycles. The van der Waals surface area contributed by atoms with Crippen molar-refractivity contribution in [3.8, 4) is 5.88 Å². The minimum atomic E-state index is -1.10. The molecule has 0 saturated carbocycles. The molecule has 25 heavy (non-hydrogen) atoms. The minimum absolute atomic E-state index is 0.0782. The Morgan fingerprint density at radius 2 is 1.88 bits per heavy atom. The molecule has 0 aliphatic heterocycles. The molecule has 1 rings (SSSR count). The molecule has 0 unspecified atom stereocenters. The highest BCUT2D eigenvalue weighted by atomic mass is 16.5. The van der Waals surface area contributed by atoms with E-state index >= 15 is 0 Å². The normalized spacial score (nSPS) is 11.9. The number of rotatable bonds is 9. The summed E-state index contributed by atoms with van der Waals surface area (Å²) in [4.78, 5) is 39.1. The number of hydrogen-bond acceptors (Lipinski definition) is 5. The Bertz CT molecular complexity index is 616. The number of nitrogens with zero attached hydrogens (tertiary/aromatic N) is 1. The van der Waals surface area contributed by atoms with Crippen molar-refractivity contribution in [1.82, 2.24) is 15.6 Å². The largest absolute Gasteiger partial charge is 0.480 e. The Balaban J connectivity index is 2.57. The lowest BCUT2D eigenvalue weighted by Gasteiger charge is -2.16. The van der Waals surface area contributed by atoms with E-state index in [0.717, 1.165) is 0 Å². The molecule has 8 nitrogen and oxygen atoms in total. The van der Waals surface area contributed by atoms with Crippen LogP contribution in [-0.4, -0.2) is 46.6 Å². The fourth-order valence-electron chi connectivity index (χ4n) is 2.04. The summed E-state index contributed by atoms with van der Waals surface area (Å²) >= 11 is 0. The number of nitrogens with one attached hydrogen (secondary N) is 2. The van der Waals surface area contributed by atoms with E-state index < -0.39 is 23.8 Å². The van der Waals surface area contributed by atoms with Crippen molar-refractivity contribution in [2.75, 3.05) is 6.54 Å². The number of pyridine rings is 1. The number of hydrogen-bond donors (Lipinski definition) is 3. The highest BCUT2D eigenvalue weighted by Gasteiger charge is 2.21. The first-order valence-electron chi connectivity index (χ1n) is 8.13. The van der Waals surface area contributed by atoms with Crippen LogP contribution >= 0.6 is 0 Å². The number of ether oxygens (including phenoxy) is 1. The van der Waals surface area contributed by atoms with Gasteiger partial charge in [-0.2, -0.15) is 0 Å². The van der Waals surface area contributed by atoms with Crippen molar-refractivity contribution >= 4 is 17.8 Å². The lowest BCUT2D eigenvalue weighted by molar-refractivity contribution is -0.142. The van der Waals surface area contributed by atoms with Gasteiger partial charge in [0.25, 0.3) is 5.91 Å². The summed E-state index contributed by atoms with van der Waals surface area (Å²) in [5.41, 5.74) is 0.114. The zero-order valence-electron chi connectivity index (χ0n) is 14.9. The SMILES string of the molecule is CC(C)C[C@H](NC(=O)CNC(=O)c1cccc(OC(C)C)n1)C(=O)O. The van der Waals surface area contributed by atoms with E-state index in [9.17, 15) is 14.4 Å². The standard InChI is InChI=1S/C17H25N3O5/c1-10(2)8-13(17(23)24)19-14(21)9-18-16(22)12-6-5-7-15(20-12)25-11(3)4/h5-7,10-11,13H,8-9H2,1-4H3,(H,18,22)(H,19,21)(H,23,24)/t13-/m0/s1. The second kappa shape index (κ2) is 9.61. The Kier molecular flexibility index (Phi) is 7.84. The van der Waals surface area contributed by atoms with Crippen molar-refractivity contribution < 1.29 is 24.2 Å². The Hall–Kier alpha value is -2.64. The molecule has 0 bridgehead atoms. The van der Waals surface area contributed by atoms with Crippen LogP contribution in [0.3, 0.4) is 0 Å². The molecule has 0 aliphatic rings. The number of carbonyl (C=O) groups is 3. The van der Waals surface area contributed by atoms with Crippen LogP contribution < -0.4 is 15.4 Å². The van der Waals surface area contributed by atoms with E-state index in [2.05, 4.69) is 15.6 Å². The average Bonchev–Trinajstić information content (AvgIpc) is 2.51. The van der Waals surface area contributed by atoms with Crippen LogP contribution in [0.15, 0.2) is 18.2 Å². The molecule has 1 aromatic rings. The van der Waals surface area contributed by atoms with Crippen LogP contribution in [0.2, 0.25) is 0 Å². The van der Waals surface area contributed by atoms with Gasteiger partial charge in [0.1, 0.15) is 11.7 Å². The summed E-state index contributed by atoms with van der Waals surface area (Å²) in [5, 5.41) is 13.9. The van der Waals surface area contributed by atoms with Gasteiger partial charge in [-0.05, 0) is 32.3 Å². The highest BCUT2D eigenvalue weighted by molar-refractivity contribution is 5.95. The summed E-state index contributed by atoms with van der Waals surface area (Å²) in [6.07, 6.45) is 0.232. The molecule has 0 aliphatic carbocycles. The molecule has 1 aromatic heterocycles. The highest BCUT2D eigenvalue weighted by Crippen LogP contribution is 2.09. The summed E-state index contributed by atoms with van der Waals surface area (Å²) in [5.74, 6) is -1.79. The number of aromatic nitrogens is 1. The Morgan fingerprint density at radius 3 is 2.44 bits per heavy atom. The first-order chi connectivity index (χ1) is 11.7. The molecule has 0 saturated heterocycles. The zero-order chi connectivity index (χ0) is 19.0. The average molecular weight is 351 g/mol. The van der Waals surface area contributed by atoms with E-state index in [0.29, 0.717) is 12.3 Å². The maximum Gasteiger partial charge on any atom is 0.326 e. The van der Waals surface area contributed by atoms with Crippen LogP contribution in [0.1, 0.15) is 44.6 Å². The first-order valence-corrected chi connectivity index (χ1v) is 8.13. The third-order valence-corrected chi connectivity index (χ3v) is 3.06. The second-order valence-corrected chi connectivity index (χ2v) is 6.30. The van der Waals surface area contributed by atoms with Crippen molar-refractivity contribution in [3.63, 3.8) is 0 Å². The predicted molar refractivity (Wildman–Crippen MR) is 91.4 cm³/mol. The summed E-state index contributed by atoms with van der Waals surface area (Å²) in [6.45, 7) is 7.07. The molecule has 1 heterocycles. The van der Waals surface area contributed by atoms with Crippen LogP contribution in [0.5, 0.6) is 5.88 Å². The van der Waals surface area contributed by atoms with Crippen LogP contribution in [0.4, 0.5) is 0 Å². The van der Waals surface area contributed by atoms with Gasteiger partial charge in [0.05, 0.1) is 12.6 Å². The van der Waals surface area contributed by atoms with E-state index in [-0.39, 0.29) is 24.3 Å². The molecule has 138 valence electrons. The molecule has 0 spiro atoms. The number of amides is 2. The van der Waals surface area contributed by atoms with Crippen LogP contribution in [-0.2, 0) is 9.59 Å².